The molecule has 0 N–H and O–H groups in total. The summed E-state index contributed by atoms with van der Waals surface area (Å²) in [5.41, 5.74) is 7.23. The van der Waals surface area contributed by atoms with Crippen LogP contribution in [-0.2, 0) is 9.53 Å². The van der Waals surface area contributed by atoms with Crippen molar-refractivity contribution in [3.8, 4) is 5.69 Å². The fourth-order valence-electron chi connectivity index (χ4n) is 4.21. The van der Waals surface area contributed by atoms with E-state index in [2.05, 4.69) is 10.6 Å². The topological polar surface area (TPSA) is 51.5 Å². The Bertz CT molecular complexity index is 1190. The van der Waals surface area contributed by atoms with E-state index in [1.165, 1.54) is 0 Å². The largest absolute Gasteiger partial charge is 0.462 e. The molecule has 2 heterocycles. The predicted octanol–water partition coefficient (Wildman–Crippen LogP) is 5.18. The van der Waals surface area contributed by atoms with Gasteiger partial charge in [-0.05, 0) is 75.7 Å². The van der Waals surface area contributed by atoms with Crippen molar-refractivity contribution >= 4 is 29.2 Å². The zero-order chi connectivity index (χ0) is 22.1. The fraction of sp³-hybridized carbons (Fsp3) is 0.231. The molecule has 1 amide bonds. The second kappa shape index (κ2) is 8.26. The molecule has 1 aliphatic rings. The van der Waals surface area contributed by atoms with Gasteiger partial charge in [0.05, 0.1) is 17.9 Å². The van der Waals surface area contributed by atoms with E-state index in [4.69, 9.17) is 4.74 Å². The van der Waals surface area contributed by atoms with Gasteiger partial charge in [0.25, 0.3) is 5.91 Å². The maximum atomic E-state index is 13.0. The Hall–Kier alpha value is -3.60. The van der Waals surface area contributed by atoms with Gasteiger partial charge in [0.1, 0.15) is 0 Å². The van der Waals surface area contributed by atoms with Gasteiger partial charge in [-0.25, -0.2) is 4.79 Å². The number of esters is 1. The standard InChI is InChI=1S/C26H26N2O3/c1-5-27-24-10-8-7-9-22(24)23(25(27)29)16-20-15-17(3)28(18(20)4)21-13-11-19(12-14-21)26(30)31-6-2/h7-16H,5-6H2,1-4H3/b23-16+. The van der Waals surface area contributed by atoms with Gasteiger partial charge in [0.15, 0.2) is 0 Å². The van der Waals surface area contributed by atoms with Gasteiger partial charge < -0.3 is 14.2 Å². The van der Waals surface area contributed by atoms with E-state index in [1.54, 1.807) is 19.1 Å². The number of para-hydroxylation sites is 1. The molecule has 0 aliphatic carbocycles. The molecule has 2 aromatic carbocycles. The van der Waals surface area contributed by atoms with Crippen LogP contribution in [0.5, 0.6) is 0 Å². The number of nitrogens with zero attached hydrogens (tertiary/aromatic N) is 2. The lowest BCUT2D eigenvalue weighted by molar-refractivity contribution is -0.112. The van der Waals surface area contributed by atoms with Crippen LogP contribution in [0.3, 0.4) is 0 Å². The summed E-state index contributed by atoms with van der Waals surface area (Å²) in [4.78, 5) is 26.8. The minimum atomic E-state index is -0.320. The lowest BCUT2D eigenvalue weighted by atomic mass is 10.0. The zero-order valence-corrected chi connectivity index (χ0v) is 18.3. The summed E-state index contributed by atoms with van der Waals surface area (Å²) in [6.07, 6.45) is 1.99. The van der Waals surface area contributed by atoms with Gasteiger partial charge >= 0.3 is 5.97 Å². The summed E-state index contributed by atoms with van der Waals surface area (Å²) < 4.78 is 7.20. The van der Waals surface area contributed by atoms with Gasteiger partial charge in [-0.2, -0.15) is 0 Å². The maximum absolute atomic E-state index is 13.0. The third kappa shape index (κ3) is 3.56. The number of likely N-dealkylation sites (N-methyl/N-ethyl adjacent to an activating group) is 1. The molecule has 1 aliphatic heterocycles. The second-order valence-corrected chi connectivity index (χ2v) is 7.55. The molecule has 5 nitrogen and oxygen atoms in total. The first kappa shape index (κ1) is 20.7. The average Bonchev–Trinajstić information content (AvgIpc) is 3.21. The van der Waals surface area contributed by atoms with Crippen LogP contribution in [-0.4, -0.2) is 29.6 Å². The molecule has 0 saturated carbocycles. The average molecular weight is 415 g/mol. The summed E-state index contributed by atoms with van der Waals surface area (Å²) in [5.74, 6) is -0.286. The first-order valence-electron chi connectivity index (χ1n) is 10.6. The molecule has 0 saturated heterocycles. The first-order valence-corrected chi connectivity index (χ1v) is 10.6. The number of aryl methyl sites for hydroxylation is 1. The number of carbonyl (C=O) groups excluding carboxylic acids is 2. The molecular weight excluding hydrogens is 388 g/mol. The third-order valence-corrected chi connectivity index (χ3v) is 5.68. The smallest absolute Gasteiger partial charge is 0.338 e. The van der Waals surface area contributed by atoms with E-state index in [-0.39, 0.29) is 11.9 Å². The van der Waals surface area contributed by atoms with Crippen LogP contribution >= 0.6 is 0 Å². The Labute approximate surface area is 182 Å². The number of benzene rings is 2. The molecule has 4 rings (SSSR count). The molecule has 5 heteroatoms. The number of anilines is 1. The molecule has 0 bridgehead atoms. The SMILES string of the molecule is CCOC(=O)c1ccc(-n2c(C)cc(/C=C3/C(=O)N(CC)c4ccccc43)c2C)cc1. The summed E-state index contributed by atoms with van der Waals surface area (Å²) in [6, 6.07) is 17.4. The van der Waals surface area contributed by atoms with Crippen molar-refractivity contribution in [1.82, 2.24) is 4.57 Å². The number of carbonyl (C=O) groups is 2. The summed E-state index contributed by atoms with van der Waals surface area (Å²) >= 11 is 0. The first-order chi connectivity index (χ1) is 15.0. The molecule has 0 fully saturated rings. The Balaban J connectivity index is 1.73. The second-order valence-electron chi connectivity index (χ2n) is 7.55. The van der Waals surface area contributed by atoms with E-state index in [0.717, 1.165) is 39.5 Å². The highest BCUT2D eigenvalue weighted by molar-refractivity contribution is 6.35. The third-order valence-electron chi connectivity index (χ3n) is 5.68. The Kier molecular flexibility index (Phi) is 5.51. The van der Waals surface area contributed by atoms with Crippen LogP contribution in [0.2, 0.25) is 0 Å². The molecule has 0 atom stereocenters. The van der Waals surface area contributed by atoms with E-state index in [1.807, 2.05) is 68.1 Å². The van der Waals surface area contributed by atoms with Crippen molar-refractivity contribution in [2.45, 2.75) is 27.7 Å². The summed E-state index contributed by atoms with van der Waals surface area (Å²) in [6.45, 7) is 8.86. The van der Waals surface area contributed by atoms with Crippen LogP contribution in [0.25, 0.3) is 17.3 Å². The molecular formula is C26H26N2O3. The highest BCUT2D eigenvalue weighted by Gasteiger charge is 2.31. The van der Waals surface area contributed by atoms with E-state index in [0.29, 0.717) is 18.7 Å². The minimum absolute atomic E-state index is 0.0345. The number of rotatable bonds is 5. The number of fused-ring (bicyclic) bond motifs is 1. The fourth-order valence-corrected chi connectivity index (χ4v) is 4.21. The van der Waals surface area contributed by atoms with Crippen LogP contribution in [0, 0.1) is 13.8 Å². The minimum Gasteiger partial charge on any atom is -0.462 e. The number of aromatic nitrogens is 1. The van der Waals surface area contributed by atoms with Crippen LogP contribution in [0.1, 0.15) is 46.7 Å². The van der Waals surface area contributed by atoms with Crippen molar-refractivity contribution in [3.63, 3.8) is 0 Å². The monoisotopic (exact) mass is 414 g/mol. The van der Waals surface area contributed by atoms with Gasteiger partial charge in [-0.3, -0.25) is 4.79 Å². The highest BCUT2D eigenvalue weighted by Crippen LogP contribution is 2.38. The predicted molar refractivity (Wildman–Crippen MR) is 124 cm³/mol. The van der Waals surface area contributed by atoms with E-state index >= 15 is 0 Å². The van der Waals surface area contributed by atoms with Gasteiger partial charge in [0.2, 0.25) is 0 Å². The van der Waals surface area contributed by atoms with Crippen LogP contribution < -0.4 is 4.90 Å². The molecule has 1 aromatic heterocycles. The van der Waals surface area contributed by atoms with Gasteiger partial charge in [-0.15, -0.1) is 0 Å². The Morgan fingerprint density at radius 3 is 2.42 bits per heavy atom. The number of hydrogen-bond donors (Lipinski definition) is 0. The van der Waals surface area contributed by atoms with E-state index < -0.39 is 0 Å². The van der Waals surface area contributed by atoms with Crippen LogP contribution in [0.15, 0.2) is 54.6 Å². The molecule has 0 spiro atoms. The molecule has 158 valence electrons. The molecule has 3 aromatic rings. The van der Waals surface area contributed by atoms with Crippen molar-refractivity contribution in [2.24, 2.45) is 0 Å². The van der Waals surface area contributed by atoms with Crippen molar-refractivity contribution in [2.75, 3.05) is 18.1 Å². The lowest BCUT2D eigenvalue weighted by Gasteiger charge is -2.13. The summed E-state index contributed by atoms with van der Waals surface area (Å²) in [7, 11) is 0. The van der Waals surface area contributed by atoms with E-state index in [9.17, 15) is 9.59 Å². The van der Waals surface area contributed by atoms with Crippen molar-refractivity contribution < 1.29 is 14.3 Å². The number of amides is 1. The Morgan fingerprint density at radius 2 is 1.74 bits per heavy atom. The van der Waals surface area contributed by atoms with Crippen LogP contribution in [0.4, 0.5) is 5.69 Å². The molecule has 31 heavy (non-hydrogen) atoms. The Morgan fingerprint density at radius 1 is 1.03 bits per heavy atom. The maximum Gasteiger partial charge on any atom is 0.338 e. The highest BCUT2D eigenvalue weighted by atomic mass is 16.5. The van der Waals surface area contributed by atoms with Crippen molar-refractivity contribution in [3.05, 3.63) is 82.7 Å². The van der Waals surface area contributed by atoms with Gasteiger partial charge in [-0.1, -0.05) is 18.2 Å². The summed E-state index contributed by atoms with van der Waals surface area (Å²) in [5, 5.41) is 0. The zero-order valence-electron chi connectivity index (χ0n) is 18.3. The lowest BCUT2D eigenvalue weighted by Crippen LogP contribution is -2.25. The van der Waals surface area contributed by atoms with Crippen molar-refractivity contribution in [1.29, 1.82) is 0 Å². The normalized spacial score (nSPS) is 14.3. The molecule has 0 radical (unpaired) electrons. The number of hydrogen-bond acceptors (Lipinski definition) is 3. The molecule has 0 unspecified atom stereocenters. The number of ether oxygens (including phenoxy) is 1. The quantitative estimate of drug-likeness (QED) is 0.427. The van der Waals surface area contributed by atoms with Gasteiger partial charge in [0, 0.05) is 34.8 Å².